The maximum absolute atomic E-state index is 12.9. The molecule has 0 bridgehead atoms. The lowest BCUT2D eigenvalue weighted by Crippen LogP contribution is -2.41. The molecule has 0 unspecified atom stereocenters. The number of likely N-dealkylation sites (tertiary alicyclic amines) is 1. The lowest BCUT2D eigenvalue weighted by Gasteiger charge is -2.28. The summed E-state index contributed by atoms with van der Waals surface area (Å²) in [5, 5.41) is 0. The zero-order valence-corrected chi connectivity index (χ0v) is 13.9. The first-order chi connectivity index (χ1) is 11.7. The van der Waals surface area contributed by atoms with E-state index in [1.54, 1.807) is 6.20 Å². The summed E-state index contributed by atoms with van der Waals surface area (Å²) in [6, 6.07) is 0. The van der Waals surface area contributed by atoms with Gasteiger partial charge in [0.25, 0.3) is 0 Å². The molecule has 0 saturated carbocycles. The molecule has 0 aliphatic carbocycles. The standard InChI is InChI=1S/C17H24N4O3/c22-16-2-1-5-20(16)9-13-8-19-6-4-18-15(19)11-21(10-13)17(23)14-3-7-24-12-14/h4,6,13-14H,1-3,5,7-12H2/t13-,14-/m1/s1. The molecule has 130 valence electrons. The molecule has 0 radical (unpaired) electrons. The Bertz CT molecular complexity index is 623. The molecule has 0 N–H and O–H groups in total. The highest BCUT2D eigenvalue weighted by Crippen LogP contribution is 2.23. The molecule has 7 heteroatoms. The van der Waals surface area contributed by atoms with Crippen LogP contribution in [-0.2, 0) is 27.4 Å². The number of hydrogen-bond donors (Lipinski definition) is 0. The molecule has 3 aliphatic heterocycles. The van der Waals surface area contributed by atoms with Gasteiger partial charge in [-0.15, -0.1) is 0 Å². The average Bonchev–Trinajstić information content (AvgIpc) is 3.29. The van der Waals surface area contributed by atoms with Crippen LogP contribution in [0.4, 0.5) is 0 Å². The second-order valence-corrected chi connectivity index (χ2v) is 7.08. The summed E-state index contributed by atoms with van der Waals surface area (Å²) in [6.45, 7) is 4.81. The molecule has 2 amide bonds. The molecule has 24 heavy (non-hydrogen) atoms. The van der Waals surface area contributed by atoms with Crippen LogP contribution in [0.5, 0.6) is 0 Å². The summed E-state index contributed by atoms with van der Waals surface area (Å²) >= 11 is 0. The minimum Gasteiger partial charge on any atom is -0.381 e. The van der Waals surface area contributed by atoms with E-state index in [4.69, 9.17) is 4.74 Å². The van der Waals surface area contributed by atoms with Crippen molar-refractivity contribution in [2.24, 2.45) is 11.8 Å². The van der Waals surface area contributed by atoms with Crippen LogP contribution >= 0.6 is 0 Å². The van der Waals surface area contributed by atoms with Crippen LogP contribution in [0.15, 0.2) is 12.4 Å². The van der Waals surface area contributed by atoms with Gasteiger partial charge in [-0.2, -0.15) is 0 Å². The molecule has 4 heterocycles. The van der Waals surface area contributed by atoms with E-state index in [0.717, 1.165) is 38.3 Å². The smallest absolute Gasteiger partial charge is 0.228 e. The van der Waals surface area contributed by atoms with Crippen molar-refractivity contribution < 1.29 is 14.3 Å². The van der Waals surface area contributed by atoms with Crippen molar-refractivity contribution in [3.8, 4) is 0 Å². The summed E-state index contributed by atoms with van der Waals surface area (Å²) < 4.78 is 7.51. The van der Waals surface area contributed by atoms with Crippen molar-refractivity contribution in [3.63, 3.8) is 0 Å². The first-order valence-corrected chi connectivity index (χ1v) is 8.85. The van der Waals surface area contributed by atoms with E-state index in [9.17, 15) is 9.59 Å². The van der Waals surface area contributed by atoms with Crippen molar-refractivity contribution in [2.45, 2.75) is 32.4 Å². The van der Waals surface area contributed by atoms with Crippen LogP contribution in [-0.4, -0.2) is 64.0 Å². The number of rotatable bonds is 3. The molecule has 4 rings (SSSR count). The third-order valence-electron chi connectivity index (χ3n) is 5.31. The van der Waals surface area contributed by atoms with Gasteiger partial charge in [0, 0.05) is 57.5 Å². The van der Waals surface area contributed by atoms with Crippen LogP contribution in [0.3, 0.4) is 0 Å². The second kappa shape index (κ2) is 6.55. The van der Waals surface area contributed by atoms with Crippen LogP contribution in [0.2, 0.25) is 0 Å². The molecule has 1 aromatic rings. The van der Waals surface area contributed by atoms with Crippen molar-refractivity contribution in [1.29, 1.82) is 0 Å². The molecule has 7 nitrogen and oxygen atoms in total. The number of ether oxygens (including phenoxy) is 1. The third-order valence-corrected chi connectivity index (χ3v) is 5.31. The van der Waals surface area contributed by atoms with Gasteiger partial charge in [0.05, 0.1) is 19.1 Å². The molecular weight excluding hydrogens is 308 g/mol. The predicted octanol–water partition coefficient (Wildman–Crippen LogP) is 0.500. The van der Waals surface area contributed by atoms with Crippen LogP contribution in [0.1, 0.15) is 25.1 Å². The fourth-order valence-corrected chi connectivity index (χ4v) is 4.02. The van der Waals surface area contributed by atoms with Crippen LogP contribution in [0.25, 0.3) is 0 Å². The number of carbonyl (C=O) groups is 2. The molecular formula is C17H24N4O3. The minimum absolute atomic E-state index is 0.0272. The Hall–Kier alpha value is -1.89. The van der Waals surface area contributed by atoms with Crippen molar-refractivity contribution in [2.75, 3.05) is 32.8 Å². The topological polar surface area (TPSA) is 67.7 Å². The zero-order valence-electron chi connectivity index (χ0n) is 13.9. The van der Waals surface area contributed by atoms with Gasteiger partial charge >= 0.3 is 0 Å². The van der Waals surface area contributed by atoms with E-state index >= 15 is 0 Å². The van der Waals surface area contributed by atoms with Gasteiger partial charge < -0.3 is 19.1 Å². The first-order valence-electron chi connectivity index (χ1n) is 8.85. The lowest BCUT2D eigenvalue weighted by atomic mass is 10.0. The maximum Gasteiger partial charge on any atom is 0.228 e. The fourth-order valence-electron chi connectivity index (χ4n) is 4.02. The lowest BCUT2D eigenvalue weighted by molar-refractivity contribution is -0.136. The quantitative estimate of drug-likeness (QED) is 0.808. The van der Waals surface area contributed by atoms with Gasteiger partial charge in [0.1, 0.15) is 5.82 Å². The summed E-state index contributed by atoms with van der Waals surface area (Å²) in [5.74, 6) is 1.56. The predicted molar refractivity (Wildman–Crippen MR) is 85.9 cm³/mol. The zero-order chi connectivity index (χ0) is 16.5. The number of fused-ring (bicyclic) bond motifs is 1. The highest BCUT2D eigenvalue weighted by atomic mass is 16.5. The molecule has 3 aliphatic rings. The van der Waals surface area contributed by atoms with Gasteiger partial charge in [-0.3, -0.25) is 9.59 Å². The molecule has 2 saturated heterocycles. The fraction of sp³-hybridized carbons (Fsp3) is 0.706. The van der Waals surface area contributed by atoms with E-state index in [-0.39, 0.29) is 23.7 Å². The summed E-state index contributed by atoms with van der Waals surface area (Å²) in [6.07, 6.45) is 6.18. The molecule has 0 aromatic carbocycles. The van der Waals surface area contributed by atoms with Crippen molar-refractivity contribution in [3.05, 3.63) is 18.2 Å². The van der Waals surface area contributed by atoms with Crippen LogP contribution < -0.4 is 0 Å². The number of aromatic nitrogens is 2. The number of nitrogens with zero attached hydrogens (tertiary/aromatic N) is 4. The van der Waals surface area contributed by atoms with E-state index in [1.807, 2.05) is 16.0 Å². The Kier molecular flexibility index (Phi) is 4.26. The highest BCUT2D eigenvalue weighted by Gasteiger charge is 2.33. The van der Waals surface area contributed by atoms with Crippen LogP contribution in [0, 0.1) is 11.8 Å². The van der Waals surface area contributed by atoms with Crippen molar-refractivity contribution >= 4 is 11.8 Å². The largest absolute Gasteiger partial charge is 0.381 e. The Morgan fingerprint density at radius 3 is 3.04 bits per heavy atom. The second-order valence-electron chi connectivity index (χ2n) is 7.08. The van der Waals surface area contributed by atoms with E-state index in [2.05, 4.69) is 9.55 Å². The van der Waals surface area contributed by atoms with Gasteiger partial charge in [-0.25, -0.2) is 4.98 Å². The van der Waals surface area contributed by atoms with Gasteiger partial charge in [0.2, 0.25) is 11.8 Å². The van der Waals surface area contributed by atoms with Gasteiger partial charge in [-0.05, 0) is 12.8 Å². The molecule has 2 atom stereocenters. The number of carbonyl (C=O) groups excluding carboxylic acids is 2. The van der Waals surface area contributed by atoms with Crippen molar-refractivity contribution in [1.82, 2.24) is 19.4 Å². The van der Waals surface area contributed by atoms with Gasteiger partial charge in [-0.1, -0.05) is 0 Å². The highest BCUT2D eigenvalue weighted by molar-refractivity contribution is 5.79. The Morgan fingerprint density at radius 1 is 1.38 bits per heavy atom. The normalized spacial score (nSPS) is 27.4. The summed E-state index contributed by atoms with van der Waals surface area (Å²) in [4.78, 5) is 33.1. The average molecular weight is 332 g/mol. The Balaban J connectivity index is 1.51. The molecule has 2 fully saturated rings. The summed E-state index contributed by atoms with van der Waals surface area (Å²) in [5.41, 5.74) is 0. The number of hydrogen-bond acceptors (Lipinski definition) is 4. The monoisotopic (exact) mass is 332 g/mol. The first kappa shape index (κ1) is 15.6. The Labute approximate surface area is 141 Å². The Morgan fingerprint density at radius 2 is 2.29 bits per heavy atom. The number of amides is 2. The van der Waals surface area contributed by atoms with E-state index in [1.165, 1.54) is 0 Å². The van der Waals surface area contributed by atoms with E-state index < -0.39 is 0 Å². The maximum atomic E-state index is 12.9. The third kappa shape index (κ3) is 3.05. The molecule has 0 spiro atoms. The number of imidazole rings is 1. The van der Waals surface area contributed by atoms with Gasteiger partial charge in [0.15, 0.2) is 0 Å². The SMILES string of the molecule is O=C1CCCN1C[C@@H]1CN(C(=O)[C@@H]2CCOC2)Cc2nccn2C1. The minimum atomic E-state index is -0.0272. The van der Waals surface area contributed by atoms with E-state index in [0.29, 0.717) is 32.7 Å². The summed E-state index contributed by atoms with van der Waals surface area (Å²) in [7, 11) is 0. The molecule has 1 aromatic heterocycles.